The van der Waals surface area contributed by atoms with E-state index in [1.54, 1.807) is 23.9 Å². The molecular formula is C9H11N3O2. The van der Waals surface area contributed by atoms with Gasteiger partial charge in [0.1, 0.15) is 0 Å². The van der Waals surface area contributed by atoms with E-state index in [-0.39, 0.29) is 24.7 Å². The van der Waals surface area contributed by atoms with Crippen LogP contribution in [-0.4, -0.2) is 27.8 Å². The van der Waals surface area contributed by atoms with Crippen molar-refractivity contribution in [2.24, 2.45) is 12.9 Å². The summed E-state index contributed by atoms with van der Waals surface area (Å²) in [6.07, 6.45) is 1.98. The van der Waals surface area contributed by atoms with E-state index in [9.17, 15) is 9.59 Å². The summed E-state index contributed by atoms with van der Waals surface area (Å²) in [4.78, 5) is 23.3. The number of carbonyl (C=O) groups is 2. The second-order valence-electron chi connectivity index (χ2n) is 3.36. The zero-order valence-electron chi connectivity index (χ0n) is 7.86. The van der Waals surface area contributed by atoms with Crippen molar-refractivity contribution in [3.63, 3.8) is 0 Å². The molecule has 1 aromatic heterocycles. The fraction of sp³-hybridized carbons (Fsp3) is 0.333. The second kappa shape index (κ2) is 2.95. The van der Waals surface area contributed by atoms with E-state index in [0.717, 1.165) is 5.01 Å². The van der Waals surface area contributed by atoms with E-state index in [0.29, 0.717) is 11.3 Å². The molecule has 0 aromatic carbocycles. The topological polar surface area (TPSA) is 68.3 Å². The molecule has 0 atom stereocenters. The number of fused-ring (bicyclic) bond motifs is 1. The van der Waals surface area contributed by atoms with E-state index in [1.807, 2.05) is 0 Å². The molecule has 0 saturated heterocycles. The van der Waals surface area contributed by atoms with Gasteiger partial charge in [-0.15, -0.1) is 0 Å². The molecule has 2 rings (SSSR count). The summed E-state index contributed by atoms with van der Waals surface area (Å²) in [5, 5.41) is 1.09. The highest BCUT2D eigenvalue weighted by Crippen LogP contribution is 2.17. The Kier molecular flexibility index (Phi) is 1.89. The number of aromatic nitrogens is 1. The van der Waals surface area contributed by atoms with Crippen LogP contribution in [0, 0.1) is 0 Å². The highest BCUT2D eigenvalue weighted by atomic mass is 16.2. The van der Waals surface area contributed by atoms with Gasteiger partial charge in [-0.3, -0.25) is 14.6 Å². The standard InChI is InChI=1S/C9H11N3O2/c1-11-4-2-6-8(11)7(13)3-5-12(10)9(6)14/h2,4H,3,5,10H2,1H3. The Labute approximate surface area is 81.1 Å². The number of nitrogens with zero attached hydrogens (tertiary/aromatic N) is 2. The Hall–Kier alpha value is -1.62. The molecule has 0 saturated carbocycles. The molecule has 1 aromatic rings. The number of hydrazine groups is 1. The number of aryl methyl sites for hydroxylation is 1. The van der Waals surface area contributed by atoms with E-state index >= 15 is 0 Å². The van der Waals surface area contributed by atoms with Crippen molar-refractivity contribution in [3.05, 3.63) is 23.5 Å². The van der Waals surface area contributed by atoms with Crippen molar-refractivity contribution >= 4 is 11.7 Å². The zero-order chi connectivity index (χ0) is 10.3. The van der Waals surface area contributed by atoms with Crippen molar-refractivity contribution in [2.75, 3.05) is 6.54 Å². The molecule has 1 aliphatic heterocycles. The van der Waals surface area contributed by atoms with Crippen LogP contribution in [-0.2, 0) is 7.05 Å². The summed E-state index contributed by atoms with van der Waals surface area (Å²) in [5.74, 6) is 5.17. The van der Waals surface area contributed by atoms with Crippen LogP contribution in [0.2, 0.25) is 0 Å². The molecule has 0 aliphatic carbocycles. The number of amides is 1. The first-order valence-corrected chi connectivity index (χ1v) is 4.36. The van der Waals surface area contributed by atoms with Gasteiger partial charge in [-0.1, -0.05) is 0 Å². The van der Waals surface area contributed by atoms with Crippen LogP contribution < -0.4 is 5.84 Å². The van der Waals surface area contributed by atoms with E-state index < -0.39 is 0 Å². The lowest BCUT2D eigenvalue weighted by atomic mass is 10.1. The lowest BCUT2D eigenvalue weighted by molar-refractivity contribution is 0.0758. The van der Waals surface area contributed by atoms with E-state index in [1.165, 1.54) is 0 Å². The van der Waals surface area contributed by atoms with Crippen LogP contribution in [0.5, 0.6) is 0 Å². The molecule has 0 unspecified atom stereocenters. The third-order valence-electron chi connectivity index (χ3n) is 2.41. The summed E-state index contributed by atoms with van der Waals surface area (Å²) >= 11 is 0. The molecular weight excluding hydrogens is 182 g/mol. The van der Waals surface area contributed by atoms with Gasteiger partial charge in [0, 0.05) is 26.2 Å². The first-order valence-electron chi connectivity index (χ1n) is 4.36. The summed E-state index contributed by atoms with van der Waals surface area (Å²) in [6, 6.07) is 1.63. The van der Waals surface area contributed by atoms with Gasteiger partial charge in [0.05, 0.1) is 11.3 Å². The van der Waals surface area contributed by atoms with E-state index in [4.69, 9.17) is 5.84 Å². The molecule has 0 radical (unpaired) electrons. The maximum Gasteiger partial charge on any atom is 0.270 e. The summed E-state index contributed by atoms with van der Waals surface area (Å²) in [7, 11) is 1.75. The number of ketones is 1. The first-order chi connectivity index (χ1) is 6.61. The SMILES string of the molecule is Cn1ccc2c1C(=O)CCN(N)C2=O. The Balaban J connectivity index is 2.59. The van der Waals surface area contributed by atoms with Gasteiger partial charge in [0.25, 0.3) is 5.91 Å². The predicted octanol–water partition coefficient (Wildman–Crippen LogP) is -0.0726. The molecule has 1 aliphatic rings. The summed E-state index contributed by atoms with van der Waals surface area (Å²) in [5.41, 5.74) is 0.862. The van der Waals surface area contributed by atoms with Crippen LogP contribution in [0.3, 0.4) is 0 Å². The molecule has 14 heavy (non-hydrogen) atoms. The molecule has 0 fully saturated rings. The van der Waals surface area contributed by atoms with Gasteiger partial charge in [-0.2, -0.15) is 0 Å². The number of Topliss-reactive ketones (excluding diaryl/α,β-unsaturated/α-hetero) is 1. The minimum Gasteiger partial charge on any atom is -0.348 e. The Morgan fingerprint density at radius 3 is 2.86 bits per heavy atom. The van der Waals surface area contributed by atoms with Gasteiger partial charge >= 0.3 is 0 Å². The minimum atomic E-state index is -0.286. The van der Waals surface area contributed by atoms with Crippen LogP contribution in [0.25, 0.3) is 0 Å². The first kappa shape index (κ1) is 8.96. The average molecular weight is 193 g/mol. The van der Waals surface area contributed by atoms with Crippen molar-refractivity contribution in [3.8, 4) is 0 Å². The quantitative estimate of drug-likeness (QED) is 0.463. The zero-order valence-corrected chi connectivity index (χ0v) is 7.86. The van der Waals surface area contributed by atoms with Crippen LogP contribution >= 0.6 is 0 Å². The third-order valence-corrected chi connectivity index (χ3v) is 2.41. The van der Waals surface area contributed by atoms with Crippen LogP contribution in [0.4, 0.5) is 0 Å². The molecule has 5 heteroatoms. The fourth-order valence-corrected chi connectivity index (χ4v) is 1.65. The van der Waals surface area contributed by atoms with E-state index in [2.05, 4.69) is 0 Å². The lowest BCUT2D eigenvalue weighted by Crippen LogP contribution is -2.37. The lowest BCUT2D eigenvalue weighted by Gasteiger charge is -2.11. The minimum absolute atomic E-state index is 0.0335. The van der Waals surface area contributed by atoms with Crippen molar-refractivity contribution in [1.82, 2.24) is 9.58 Å². The normalized spacial score (nSPS) is 16.9. The number of hydrogen-bond acceptors (Lipinski definition) is 3. The van der Waals surface area contributed by atoms with Gasteiger partial charge in [-0.05, 0) is 6.07 Å². The summed E-state index contributed by atoms with van der Waals surface area (Å²) < 4.78 is 1.66. The third kappa shape index (κ3) is 1.13. The predicted molar refractivity (Wildman–Crippen MR) is 49.6 cm³/mol. The molecule has 5 nitrogen and oxygen atoms in total. The molecule has 1 amide bonds. The Bertz CT molecular complexity index is 408. The number of nitrogens with two attached hydrogens (primary N) is 1. The monoisotopic (exact) mass is 193 g/mol. The van der Waals surface area contributed by atoms with Gasteiger partial charge < -0.3 is 4.57 Å². The van der Waals surface area contributed by atoms with Crippen molar-refractivity contribution in [1.29, 1.82) is 0 Å². The van der Waals surface area contributed by atoms with Crippen LogP contribution in [0.15, 0.2) is 12.3 Å². The molecule has 0 bridgehead atoms. The van der Waals surface area contributed by atoms with Crippen molar-refractivity contribution < 1.29 is 9.59 Å². The molecule has 74 valence electrons. The van der Waals surface area contributed by atoms with Gasteiger partial charge in [0.2, 0.25) is 0 Å². The number of rotatable bonds is 0. The average Bonchev–Trinajstić information content (AvgIpc) is 2.50. The second-order valence-corrected chi connectivity index (χ2v) is 3.36. The van der Waals surface area contributed by atoms with Crippen LogP contribution in [0.1, 0.15) is 27.3 Å². The Morgan fingerprint density at radius 2 is 2.14 bits per heavy atom. The highest BCUT2D eigenvalue weighted by Gasteiger charge is 2.27. The summed E-state index contributed by atoms with van der Waals surface area (Å²) in [6.45, 7) is 0.284. The maximum atomic E-state index is 11.6. The molecule has 0 spiro atoms. The number of carbonyl (C=O) groups excluding carboxylic acids is 2. The largest absolute Gasteiger partial charge is 0.348 e. The molecule has 2 heterocycles. The van der Waals surface area contributed by atoms with Crippen molar-refractivity contribution in [2.45, 2.75) is 6.42 Å². The Morgan fingerprint density at radius 1 is 1.43 bits per heavy atom. The van der Waals surface area contributed by atoms with Gasteiger partial charge in [-0.25, -0.2) is 5.84 Å². The molecule has 2 N–H and O–H groups in total. The smallest absolute Gasteiger partial charge is 0.270 e. The fourth-order valence-electron chi connectivity index (χ4n) is 1.65. The number of hydrogen-bond donors (Lipinski definition) is 1. The van der Waals surface area contributed by atoms with Gasteiger partial charge in [0.15, 0.2) is 5.78 Å². The maximum absolute atomic E-state index is 11.6. The highest BCUT2D eigenvalue weighted by molar-refractivity contribution is 6.08.